The van der Waals surface area contributed by atoms with Crippen molar-refractivity contribution in [2.75, 3.05) is 37.5 Å². The zero-order chi connectivity index (χ0) is 90.4. The van der Waals surface area contributed by atoms with Gasteiger partial charge >= 0.3 is 5.97 Å². The highest BCUT2D eigenvalue weighted by atomic mass is 32.2. The highest BCUT2D eigenvalue weighted by Gasteiger charge is 2.40. The van der Waals surface area contributed by atoms with E-state index in [4.69, 9.17) is 11.5 Å². The number of benzene rings is 1. The number of thioether (sulfide) groups is 1. The molecule has 0 unspecified atom stereocenters. The van der Waals surface area contributed by atoms with Crippen LogP contribution in [0.5, 0.6) is 0 Å². The highest BCUT2D eigenvalue weighted by molar-refractivity contribution is 7.98. The number of hydrogen-bond acceptors (Lipinski definition) is 23. The van der Waals surface area contributed by atoms with Crippen molar-refractivity contribution in [3.8, 4) is 0 Å². The number of thiol groups is 1. The molecule has 37 nitrogen and oxygen atoms in total. The van der Waals surface area contributed by atoms with E-state index in [2.05, 4.69) is 92.0 Å². The van der Waals surface area contributed by atoms with E-state index in [0.29, 0.717) is 24.2 Å². The average Bonchev–Trinajstić information content (AvgIpc) is 1.65. The van der Waals surface area contributed by atoms with E-state index in [1.54, 1.807) is 109 Å². The maximum Gasteiger partial charge on any atom is 0.328 e. The number of carbonyl (C=O) groups excluding carboxylic acids is 14. The Morgan fingerprint density at radius 2 is 0.706 bits per heavy atom. The average molecular weight is 1720 g/mol. The first-order valence-electron chi connectivity index (χ1n) is 40.9. The SMILES string of the molecule is CSCC[C@H](N)C(=O)N[C@@H](Cc1c[nH]c2ccccc12)C(=O)N[C@H](C(=O)N[C@@H](CC(C)C)C(=O)N[C@@H](CCCCN)C(=O)N[C@@H](CO)C(=O)N[C@@H](CO)C(=O)N[C@@H](CC(C)C)C(=O)N[C@H](C(=O)N[C@@H](CC(C)C)C(=O)N[C@@H](CC(C)C)C(=O)N[C@@H](CC(C)C)C(=O)N[C@@H](CS)C(=O)N[C@@H](CC(C)C)C(=O)N[C@H](C(=O)O)[C@@H](C)O)C(C)C)[C@@H](C)O. The second-order valence-corrected chi connectivity index (χ2v) is 34.6. The van der Waals surface area contributed by atoms with Gasteiger partial charge in [0.25, 0.3) is 0 Å². The molecule has 2 aromatic rings. The molecule has 0 bridgehead atoms. The van der Waals surface area contributed by atoms with Gasteiger partial charge in [-0.25, -0.2) is 4.79 Å². The fourth-order valence-corrected chi connectivity index (χ4v) is 13.5. The molecule has 0 spiro atoms. The maximum atomic E-state index is 14.5. The molecule has 0 aliphatic carbocycles. The minimum atomic E-state index is -1.85. The summed E-state index contributed by atoms with van der Waals surface area (Å²) < 4.78 is 0. The van der Waals surface area contributed by atoms with Gasteiger partial charge in [-0.3, -0.25) is 67.1 Å². The Kier molecular flexibility index (Phi) is 48.1. The Morgan fingerprint density at radius 1 is 0.395 bits per heavy atom. The monoisotopic (exact) mass is 1720 g/mol. The largest absolute Gasteiger partial charge is 0.480 e. The second-order valence-electron chi connectivity index (χ2n) is 33.3. The molecule has 674 valence electrons. The maximum absolute atomic E-state index is 14.5. The first-order valence-corrected chi connectivity index (χ1v) is 42.9. The number of aromatic amines is 1. The van der Waals surface area contributed by atoms with Crippen molar-refractivity contribution in [1.82, 2.24) is 79.4 Å². The predicted octanol–water partition coefficient (Wildman–Crippen LogP) is -1.60. The van der Waals surface area contributed by atoms with Crippen LogP contribution in [0, 0.1) is 41.4 Å². The summed E-state index contributed by atoms with van der Waals surface area (Å²) in [5.41, 5.74) is 13.4. The number of rotatable bonds is 56. The van der Waals surface area contributed by atoms with Crippen molar-refractivity contribution in [2.24, 2.45) is 52.9 Å². The molecule has 2 rings (SSSR count). The van der Waals surface area contributed by atoms with E-state index in [1.807, 2.05) is 24.5 Å². The fraction of sp³-hybridized carbons (Fsp3) is 0.713. The predicted molar refractivity (Wildman–Crippen MR) is 454 cm³/mol. The molecule has 119 heavy (non-hydrogen) atoms. The van der Waals surface area contributed by atoms with E-state index in [-0.39, 0.29) is 106 Å². The molecule has 17 atom stereocenters. The van der Waals surface area contributed by atoms with Crippen molar-refractivity contribution < 1.29 is 97.5 Å². The van der Waals surface area contributed by atoms with Gasteiger partial charge in [0.2, 0.25) is 82.7 Å². The number of carboxylic acid groups (broad SMARTS) is 1. The minimum Gasteiger partial charge on any atom is -0.480 e. The zero-order valence-electron chi connectivity index (χ0n) is 71.9. The van der Waals surface area contributed by atoms with Crippen LogP contribution < -0.4 is 85.9 Å². The third-order valence-electron chi connectivity index (χ3n) is 19.1. The third-order valence-corrected chi connectivity index (χ3v) is 20.1. The van der Waals surface area contributed by atoms with Crippen LogP contribution in [0.4, 0.5) is 0 Å². The van der Waals surface area contributed by atoms with E-state index in [9.17, 15) is 97.5 Å². The van der Waals surface area contributed by atoms with Crippen molar-refractivity contribution >= 4 is 124 Å². The standard InChI is InChI=1S/C80H137N17O20S2/c1-39(2)28-53(69(105)87-54(29-40(3)4)71(107)94-62(38-118)77(113)89-58(33-44(11)12)73(109)97-65(47(16)101)80(116)117)86-70(106)56(31-42(7)8)90-78(114)63(45(13)14)95-72(108)57(32-43(9)10)88-75(111)60(36-98)93-76(112)61(37-99)92-67(103)52(24-20-21-26-81)84-68(104)55(30-41(5)6)91-79(115)64(46(15)100)96-74(110)59(85-66(102)50(82)25-27-119-17)34-48-35-83-51-23-19-18-22-49(48)51/h18-19,22-23,35,39-47,50,52-65,83,98-101,118H,20-21,24-34,36-38,81-82H2,1-17H3,(H,84,104)(H,85,102)(H,86,106)(H,87,105)(H,88,111)(H,89,113)(H,90,114)(H,91,115)(H,92,103)(H,93,112)(H,94,107)(H,95,108)(H,96,110)(H,97,109)(H,116,117)/t46-,47-,50+,52+,53+,54+,55+,56+,57+,58+,59+,60+,61+,62+,63+,64+,65+/m1/s1. The first kappa shape index (κ1) is 106. The Bertz CT molecular complexity index is 3640. The van der Waals surface area contributed by atoms with Crippen molar-refractivity contribution in [3.05, 3.63) is 36.0 Å². The molecule has 1 aromatic heterocycles. The molecule has 0 aliphatic heterocycles. The summed E-state index contributed by atoms with van der Waals surface area (Å²) in [6, 6.07) is -14.5. The molecule has 24 N–H and O–H groups in total. The zero-order valence-corrected chi connectivity index (χ0v) is 73.6. The van der Waals surface area contributed by atoms with Crippen LogP contribution in [-0.2, 0) is 78.3 Å². The summed E-state index contributed by atoms with van der Waals surface area (Å²) in [5.74, 6) is -16.1. The number of nitrogens with two attached hydrogens (primary N) is 2. The molecule has 1 aromatic carbocycles. The van der Waals surface area contributed by atoms with Gasteiger partial charge < -0.3 is 116 Å². The first-order chi connectivity index (χ1) is 55.7. The molecule has 14 amide bonds. The second kappa shape index (κ2) is 53.8. The van der Waals surface area contributed by atoms with Crippen LogP contribution in [0.2, 0.25) is 0 Å². The summed E-state index contributed by atoms with van der Waals surface area (Å²) >= 11 is 5.75. The molecular formula is C80H137N17O20S2. The molecule has 1 heterocycles. The summed E-state index contributed by atoms with van der Waals surface area (Å²) in [4.78, 5) is 213. The molecular weight excluding hydrogens is 1580 g/mol. The van der Waals surface area contributed by atoms with Gasteiger partial charge in [-0.05, 0) is 150 Å². The fourth-order valence-electron chi connectivity index (χ4n) is 12.7. The van der Waals surface area contributed by atoms with Gasteiger partial charge in [-0.2, -0.15) is 24.4 Å². The number of fused-ring (bicyclic) bond motifs is 1. The number of aromatic nitrogens is 1. The van der Waals surface area contributed by atoms with E-state index < -0.39 is 211 Å². The van der Waals surface area contributed by atoms with Crippen molar-refractivity contribution in [1.29, 1.82) is 0 Å². The molecule has 0 radical (unpaired) electrons. The van der Waals surface area contributed by atoms with Crippen LogP contribution in [0.3, 0.4) is 0 Å². The van der Waals surface area contributed by atoms with E-state index in [0.717, 1.165) is 10.9 Å². The minimum absolute atomic E-state index is 0.0136. The summed E-state index contributed by atoms with van der Waals surface area (Å²) in [6.07, 6.45) is 1.19. The number of aliphatic carboxylic acids is 1. The Balaban J connectivity index is 2.39. The Morgan fingerprint density at radius 3 is 1.07 bits per heavy atom. The smallest absolute Gasteiger partial charge is 0.328 e. The number of aliphatic hydroxyl groups excluding tert-OH is 4. The van der Waals surface area contributed by atoms with Crippen molar-refractivity contribution in [2.45, 2.75) is 284 Å². The molecule has 0 fully saturated rings. The quantitative estimate of drug-likeness (QED) is 0.0262. The third kappa shape index (κ3) is 37.8. The Labute approximate surface area is 708 Å². The van der Waals surface area contributed by atoms with E-state index in [1.165, 1.54) is 25.6 Å². The van der Waals surface area contributed by atoms with Gasteiger partial charge in [-0.15, -0.1) is 0 Å². The number of amides is 14. The lowest BCUT2D eigenvalue weighted by atomic mass is 9.97. The highest BCUT2D eigenvalue weighted by Crippen LogP contribution is 2.21. The number of hydrogen-bond donors (Lipinski definition) is 23. The van der Waals surface area contributed by atoms with Crippen LogP contribution in [-0.4, -0.2) is 260 Å². The molecule has 0 saturated carbocycles. The summed E-state index contributed by atoms with van der Waals surface area (Å²) in [5, 5.41) is 88.4. The van der Waals surface area contributed by atoms with Gasteiger partial charge in [0.05, 0.1) is 31.5 Å². The lowest BCUT2D eigenvalue weighted by Gasteiger charge is -2.30. The van der Waals surface area contributed by atoms with Crippen LogP contribution in [0.1, 0.15) is 181 Å². The van der Waals surface area contributed by atoms with Gasteiger partial charge in [-0.1, -0.05) is 115 Å². The number of unbranched alkanes of at least 4 members (excludes halogenated alkanes) is 1. The number of nitrogens with one attached hydrogen (secondary N) is 15. The topological polar surface area (TPSA) is 593 Å². The van der Waals surface area contributed by atoms with E-state index >= 15 is 0 Å². The lowest BCUT2D eigenvalue weighted by Crippen LogP contribution is -2.62. The molecule has 39 heteroatoms. The Hall–Kier alpha value is -8.73. The number of carbonyl (C=O) groups is 15. The van der Waals surface area contributed by atoms with Crippen molar-refractivity contribution in [3.63, 3.8) is 0 Å². The molecule has 0 aliphatic rings. The number of para-hydroxylation sites is 1. The summed E-state index contributed by atoms with van der Waals surface area (Å²) in [7, 11) is 0. The number of aliphatic hydroxyl groups is 4. The van der Waals surface area contributed by atoms with Crippen LogP contribution in [0.25, 0.3) is 10.9 Å². The molecule has 0 saturated heterocycles. The normalized spacial score (nSPS) is 16.0. The van der Waals surface area contributed by atoms with Gasteiger partial charge in [0, 0.05) is 29.3 Å². The lowest BCUT2D eigenvalue weighted by molar-refractivity contribution is -0.145. The summed E-state index contributed by atoms with van der Waals surface area (Å²) in [6.45, 7) is 24.7. The number of carboxylic acids is 1. The van der Waals surface area contributed by atoms with Gasteiger partial charge in [0.1, 0.15) is 78.5 Å². The number of H-pyrrole nitrogens is 1. The van der Waals surface area contributed by atoms with Gasteiger partial charge in [0.15, 0.2) is 6.04 Å². The van der Waals surface area contributed by atoms with Crippen LogP contribution >= 0.6 is 24.4 Å². The van der Waals surface area contributed by atoms with Crippen LogP contribution in [0.15, 0.2) is 30.5 Å².